The van der Waals surface area contributed by atoms with E-state index in [2.05, 4.69) is 22.4 Å². The second-order valence-electron chi connectivity index (χ2n) is 8.00. The van der Waals surface area contributed by atoms with Crippen LogP contribution in [0.4, 0.5) is 9.93 Å². The van der Waals surface area contributed by atoms with Crippen molar-refractivity contribution in [1.82, 2.24) is 9.88 Å². The minimum absolute atomic E-state index is 0.0630. The van der Waals surface area contributed by atoms with E-state index in [1.807, 2.05) is 43.3 Å². The van der Waals surface area contributed by atoms with Gasteiger partial charge in [0.15, 0.2) is 5.13 Å². The Morgan fingerprint density at radius 2 is 1.71 bits per heavy atom. The first kappa shape index (κ1) is 23.4. The van der Waals surface area contributed by atoms with E-state index >= 15 is 0 Å². The molecule has 3 aromatic rings. The van der Waals surface area contributed by atoms with Gasteiger partial charge in [-0.25, -0.2) is 9.78 Å². The van der Waals surface area contributed by atoms with Crippen molar-refractivity contribution in [2.45, 2.75) is 26.2 Å². The monoisotopic (exact) mass is 479 g/mol. The molecule has 4 rings (SSSR count). The fourth-order valence-corrected chi connectivity index (χ4v) is 5.12. The molecule has 0 saturated heterocycles. The van der Waals surface area contributed by atoms with Crippen LogP contribution in [-0.2, 0) is 9.53 Å². The maximum atomic E-state index is 12.8. The second kappa shape index (κ2) is 10.0. The van der Waals surface area contributed by atoms with Crippen molar-refractivity contribution < 1.29 is 24.2 Å². The Bertz CT molecular complexity index is 1190. The molecule has 2 aromatic carbocycles. The van der Waals surface area contributed by atoms with E-state index in [9.17, 15) is 14.4 Å². The third kappa shape index (κ3) is 4.79. The minimum Gasteiger partial charge on any atom is -0.480 e. The molecule has 2 amide bonds. The van der Waals surface area contributed by atoms with Crippen LogP contribution < -0.4 is 5.32 Å². The molecule has 8 nitrogen and oxygen atoms in total. The summed E-state index contributed by atoms with van der Waals surface area (Å²) in [6, 6.07) is 16.2. The second-order valence-corrected chi connectivity index (χ2v) is 9.00. The maximum Gasteiger partial charge on any atom is 0.413 e. The average Bonchev–Trinajstić information content (AvgIpc) is 3.34. The molecular formula is C25H25N3O5S. The molecule has 0 atom stereocenters. The summed E-state index contributed by atoms with van der Waals surface area (Å²) in [6.45, 7) is 3.61. The number of carboxylic acids is 1. The molecule has 0 bridgehead atoms. The van der Waals surface area contributed by atoms with Crippen LogP contribution >= 0.6 is 11.3 Å². The van der Waals surface area contributed by atoms with Gasteiger partial charge in [0.25, 0.3) is 5.91 Å². The van der Waals surface area contributed by atoms with E-state index in [-0.39, 0.29) is 24.2 Å². The van der Waals surface area contributed by atoms with E-state index in [1.54, 1.807) is 6.92 Å². The van der Waals surface area contributed by atoms with Gasteiger partial charge in [-0.1, -0.05) is 66.8 Å². The van der Waals surface area contributed by atoms with E-state index in [1.165, 1.54) is 4.90 Å². The van der Waals surface area contributed by atoms with Crippen molar-refractivity contribution in [3.8, 4) is 11.1 Å². The predicted octanol–water partition coefficient (Wildman–Crippen LogP) is 4.75. The number of rotatable bonds is 8. The van der Waals surface area contributed by atoms with Crippen LogP contribution in [0, 0.1) is 6.92 Å². The largest absolute Gasteiger partial charge is 0.480 e. The number of aliphatic carboxylic acids is 1. The lowest BCUT2D eigenvalue weighted by molar-refractivity contribution is -0.137. The highest BCUT2D eigenvalue weighted by Gasteiger charge is 2.29. The van der Waals surface area contributed by atoms with Gasteiger partial charge >= 0.3 is 12.1 Å². The lowest BCUT2D eigenvalue weighted by Crippen LogP contribution is -2.36. The van der Waals surface area contributed by atoms with E-state index < -0.39 is 18.0 Å². The Morgan fingerprint density at radius 1 is 1.09 bits per heavy atom. The summed E-state index contributed by atoms with van der Waals surface area (Å²) in [5.41, 5.74) is 4.94. The molecule has 176 valence electrons. The molecule has 0 unspecified atom stereocenters. The van der Waals surface area contributed by atoms with Crippen molar-refractivity contribution in [2.75, 3.05) is 25.0 Å². The normalized spacial score (nSPS) is 12.1. The Morgan fingerprint density at radius 3 is 2.29 bits per heavy atom. The van der Waals surface area contributed by atoms with Gasteiger partial charge in [-0.05, 0) is 35.6 Å². The summed E-state index contributed by atoms with van der Waals surface area (Å²) < 4.78 is 5.54. The molecule has 1 heterocycles. The highest BCUT2D eigenvalue weighted by Crippen LogP contribution is 2.44. The number of nitrogens with zero attached hydrogens (tertiary/aromatic N) is 2. The SMILES string of the molecule is CCCN(CC(=O)O)C(=O)c1sc(NC(=O)OCC2c3ccccc3-c3ccccc32)nc1C. The molecule has 34 heavy (non-hydrogen) atoms. The van der Waals surface area contributed by atoms with Crippen molar-refractivity contribution in [3.63, 3.8) is 0 Å². The zero-order valence-corrected chi connectivity index (χ0v) is 19.7. The average molecular weight is 480 g/mol. The highest BCUT2D eigenvalue weighted by molar-refractivity contribution is 7.17. The lowest BCUT2D eigenvalue weighted by Gasteiger charge is -2.19. The van der Waals surface area contributed by atoms with Gasteiger partial charge in [-0.2, -0.15) is 0 Å². The van der Waals surface area contributed by atoms with Gasteiger partial charge in [0, 0.05) is 12.5 Å². The van der Waals surface area contributed by atoms with E-state index in [0.29, 0.717) is 23.5 Å². The van der Waals surface area contributed by atoms with E-state index in [4.69, 9.17) is 9.84 Å². The molecule has 0 fully saturated rings. The number of hydrogen-bond donors (Lipinski definition) is 2. The fourth-order valence-electron chi connectivity index (χ4n) is 4.20. The number of anilines is 1. The Kier molecular flexibility index (Phi) is 6.93. The molecule has 2 N–H and O–H groups in total. The Labute approximate surface area is 201 Å². The van der Waals surface area contributed by atoms with Gasteiger partial charge in [0.2, 0.25) is 0 Å². The van der Waals surface area contributed by atoms with Crippen molar-refractivity contribution in [1.29, 1.82) is 0 Å². The van der Waals surface area contributed by atoms with E-state index in [0.717, 1.165) is 33.6 Å². The fraction of sp³-hybridized carbons (Fsp3) is 0.280. The Hall–Kier alpha value is -3.72. The van der Waals surface area contributed by atoms with Gasteiger partial charge in [0.1, 0.15) is 18.0 Å². The topological polar surface area (TPSA) is 109 Å². The molecule has 0 radical (unpaired) electrons. The molecule has 1 aromatic heterocycles. The maximum absolute atomic E-state index is 12.8. The van der Waals surface area contributed by atoms with Gasteiger partial charge in [0.05, 0.1) is 5.69 Å². The van der Waals surface area contributed by atoms with Crippen LogP contribution in [0.5, 0.6) is 0 Å². The third-order valence-corrected chi connectivity index (χ3v) is 6.71. The zero-order valence-electron chi connectivity index (χ0n) is 18.9. The summed E-state index contributed by atoms with van der Waals surface area (Å²) in [4.78, 5) is 42.3. The molecule has 1 aliphatic rings. The standard InChI is InChI=1S/C25H25N3O5S/c1-3-12-28(13-21(29)30)23(31)22-15(2)26-24(34-22)27-25(32)33-14-20-18-10-6-4-8-16(18)17-9-5-7-11-19(17)20/h4-11,20H,3,12-14H2,1-2H3,(H,29,30)(H,26,27,32). The van der Waals surface area contributed by atoms with Crippen LogP contribution in [0.25, 0.3) is 11.1 Å². The first-order valence-corrected chi connectivity index (χ1v) is 11.8. The Balaban J connectivity index is 1.43. The first-order valence-electron chi connectivity index (χ1n) is 11.0. The van der Waals surface area contributed by atoms with Crippen LogP contribution in [0.15, 0.2) is 48.5 Å². The molecular weight excluding hydrogens is 454 g/mol. The van der Waals surface area contributed by atoms with Crippen LogP contribution in [0.3, 0.4) is 0 Å². The quantitative estimate of drug-likeness (QED) is 0.483. The molecule has 0 spiro atoms. The number of nitrogens with one attached hydrogen (secondary N) is 1. The molecule has 9 heteroatoms. The summed E-state index contributed by atoms with van der Waals surface area (Å²) in [5.74, 6) is -1.56. The smallest absolute Gasteiger partial charge is 0.413 e. The predicted molar refractivity (Wildman–Crippen MR) is 129 cm³/mol. The van der Waals surface area contributed by atoms with Crippen LogP contribution in [-0.4, -0.2) is 52.7 Å². The van der Waals surface area contributed by atoms with Crippen molar-refractivity contribution in [3.05, 3.63) is 70.2 Å². The number of fused-ring (bicyclic) bond motifs is 3. The number of thiazole rings is 1. The first-order chi connectivity index (χ1) is 16.4. The van der Waals surface area contributed by atoms with Crippen molar-refractivity contribution in [2.24, 2.45) is 0 Å². The zero-order chi connectivity index (χ0) is 24.2. The summed E-state index contributed by atoms with van der Waals surface area (Å²) in [5, 5.41) is 11.9. The molecule has 0 aliphatic heterocycles. The van der Waals surface area contributed by atoms with Crippen LogP contribution in [0.2, 0.25) is 0 Å². The lowest BCUT2D eigenvalue weighted by atomic mass is 9.98. The summed E-state index contributed by atoms with van der Waals surface area (Å²) >= 11 is 1.01. The molecule has 1 aliphatic carbocycles. The van der Waals surface area contributed by atoms with Crippen LogP contribution in [0.1, 0.15) is 45.8 Å². The van der Waals surface area contributed by atoms with Gasteiger partial charge < -0.3 is 14.7 Å². The summed E-state index contributed by atoms with van der Waals surface area (Å²) in [6.07, 6.45) is -0.0348. The number of aryl methyl sites for hydroxylation is 1. The minimum atomic E-state index is -1.08. The molecule has 0 saturated carbocycles. The number of benzene rings is 2. The number of ether oxygens (including phenoxy) is 1. The number of carboxylic acid groups (broad SMARTS) is 1. The number of amides is 2. The van der Waals surface area contributed by atoms with Gasteiger partial charge in [-0.15, -0.1) is 0 Å². The number of hydrogen-bond acceptors (Lipinski definition) is 6. The van der Waals surface area contributed by atoms with Gasteiger partial charge in [-0.3, -0.25) is 14.9 Å². The number of carbonyl (C=O) groups excluding carboxylic acids is 2. The third-order valence-electron chi connectivity index (χ3n) is 5.65. The summed E-state index contributed by atoms with van der Waals surface area (Å²) in [7, 11) is 0. The number of carbonyl (C=O) groups is 3. The van der Waals surface area contributed by atoms with Crippen molar-refractivity contribution >= 4 is 34.4 Å². The number of aromatic nitrogens is 1. The highest BCUT2D eigenvalue weighted by atomic mass is 32.1.